The lowest BCUT2D eigenvalue weighted by molar-refractivity contribution is -0.0515. The molecule has 0 saturated carbocycles. The Morgan fingerprint density at radius 2 is 2.11 bits per heavy atom. The van der Waals surface area contributed by atoms with Gasteiger partial charge in [0.1, 0.15) is 29.9 Å². The molecule has 0 saturated heterocycles. The second kappa shape index (κ2) is 7.87. The van der Waals surface area contributed by atoms with Crippen LogP contribution in [0.3, 0.4) is 0 Å². The molecule has 0 fully saturated rings. The quantitative estimate of drug-likeness (QED) is 0.574. The number of hydrogen-bond donors (Lipinski definition) is 2. The first kappa shape index (κ1) is 21.2. The first-order valence-corrected chi connectivity index (χ1v) is 8.00. The number of rotatable bonds is 5. The topological polar surface area (TPSA) is 75.3 Å². The van der Waals surface area contributed by atoms with E-state index in [1.807, 2.05) is 0 Å². The van der Waals surface area contributed by atoms with Crippen molar-refractivity contribution in [2.75, 3.05) is 0 Å². The third-order valence-corrected chi connectivity index (χ3v) is 5.03. The van der Waals surface area contributed by atoms with Crippen LogP contribution in [-0.4, -0.2) is 31.2 Å². The van der Waals surface area contributed by atoms with E-state index >= 15 is 0 Å². The molecular weight excluding hydrogens is 406 g/mol. The van der Waals surface area contributed by atoms with Gasteiger partial charge in [-0.3, -0.25) is 0 Å². The van der Waals surface area contributed by atoms with E-state index in [4.69, 9.17) is 11.6 Å². The summed E-state index contributed by atoms with van der Waals surface area (Å²) in [5.41, 5.74) is -2.34. The highest BCUT2D eigenvalue weighted by molar-refractivity contribution is 6.26. The number of nitrogens with one attached hydrogen (secondary N) is 1. The Hall–Kier alpha value is -2.10. The number of nitrogens with zero attached hydrogens (tertiary/aromatic N) is 4. The molecule has 0 amide bonds. The second-order valence-electron chi connectivity index (χ2n) is 5.95. The number of halogens is 5. The lowest BCUT2D eigenvalue weighted by Crippen LogP contribution is -2.49. The summed E-state index contributed by atoms with van der Waals surface area (Å²) in [6.45, 7) is 1.12. The van der Waals surface area contributed by atoms with Crippen LogP contribution in [0, 0.1) is 17.6 Å². The minimum absolute atomic E-state index is 0. The number of hydrogen-bond acceptors (Lipinski definition) is 5. The summed E-state index contributed by atoms with van der Waals surface area (Å²) in [5, 5.41) is 17.8. The molecule has 1 aliphatic rings. The van der Waals surface area contributed by atoms with Crippen molar-refractivity contribution >= 4 is 30.3 Å². The van der Waals surface area contributed by atoms with Gasteiger partial charge in [-0.2, -0.15) is 5.10 Å². The van der Waals surface area contributed by atoms with E-state index in [9.17, 15) is 18.3 Å². The normalized spacial score (nSPS) is 22.2. The van der Waals surface area contributed by atoms with Crippen LogP contribution >= 0.6 is 24.0 Å². The summed E-state index contributed by atoms with van der Waals surface area (Å²) in [6, 6.07) is 2.72. The monoisotopic (exact) mass is 421 g/mol. The molecule has 3 atom stereocenters. The van der Waals surface area contributed by atoms with Crippen molar-refractivity contribution in [1.29, 1.82) is 0 Å². The van der Waals surface area contributed by atoms with Crippen molar-refractivity contribution in [1.82, 2.24) is 20.1 Å². The molecule has 1 aromatic carbocycles. The molecule has 11 heteroatoms. The Bertz CT molecular complexity index is 864. The fraction of sp³-hybridized carbons (Fsp3) is 0.312. The first-order chi connectivity index (χ1) is 12.3. The average molecular weight is 422 g/mol. The molecule has 146 valence electrons. The third kappa shape index (κ3) is 3.80. The molecule has 0 aliphatic carbocycles. The Kier molecular flexibility index (Phi) is 6.18. The van der Waals surface area contributed by atoms with Gasteiger partial charge in [-0.05, 0) is 6.07 Å². The Morgan fingerprint density at radius 1 is 1.37 bits per heavy atom. The van der Waals surface area contributed by atoms with Gasteiger partial charge < -0.3 is 10.4 Å². The van der Waals surface area contributed by atoms with Gasteiger partial charge in [0.05, 0.1) is 12.9 Å². The maximum absolute atomic E-state index is 14.5. The largest absolute Gasteiger partial charge is 0.383 e. The highest BCUT2D eigenvalue weighted by atomic mass is 35.5. The molecule has 2 aromatic rings. The van der Waals surface area contributed by atoms with Crippen LogP contribution in [0.1, 0.15) is 12.5 Å². The highest BCUT2D eigenvalue weighted by Crippen LogP contribution is 2.47. The van der Waals surface area contributed by atoms with Gasteiger partial charge in [-0.25, -0.2) is 27.8 Å². The molecular formula is C16H16Cl2F3N5O. The van der Waals surface area contributed by atoms with Crippen LogP contribution in [0.2, 0.25) is 0 Å². The van der Waals surface area contributed by atoms with E-state index in [0.29, 0.717) is 6.07 Å². The van der Waals surface area contributed by atoms with Crippen LogP contribution in [0.15, 0.2) is 47.9 Å². The van der Waals surface area contributed by atoms with Crippen LogP contribution in [0.25, 0.3) is 0 Å². The van der Waals surface area contributed by atoms with E-state index in [-0.39, 0.29) is 24.5 Å². The fourth-order valence-electron chi connectivity index (χ4n) is 2.90. The van der Waals surface area contributed by atoms with Crippen molar-refractivity contribution < 1.29 is 18.3 Å². The van der Waals surface area contributed by atoms with Crippen LogP contribution in [0.4, 0.5) is 13.2 Å². The maximum atomic E-state index is 14.5. The zero-order valence-corrected chi connectivity index (χ0v) is 15.6. The summed E-state index contributed by atoms with van der Waals surface area (Å²) in [4.78, 5) is 5.68. The van der Waals surface area contributed by atoms with E-state index in [2.05, 4.69) is 20.4 Å². The van der Waals surface area contributed by atoms with Crippen molar-refractivity contribution in [3.05, 3.63) is 60.1 Å². The smallest absolute Gasteiger partial charge is 0.193 e. The summed E-state index contributed by atoms with van der Waals surface area (Å²) in [7, 11) is 0. The number of aliphatic imine (C=N–C) groups is 1. The predicted octanol–water partition coefficient (Wildman–Crippen LogP) is 2.88. The summed E-state index contributed by atoms with van der Waals surface area (Å²) in [5.74, 6) is -3.83. The molecule has 1 aliphatic heterocycles. The van der Waals surface area contributed by atoms with Gasteiger partial charge in [-0.15, -0.1) is 12.4 Å². The molecule has 2 N–H and O–H groups in total. The van der Waals surface area contributed by atoms with Crippen molar-refractivity contribution in [2.45, 2.75) is 24.1 Å². The van der Waals surface area contributed by atoms with Gasteiger partial charge in [0, 0.05) is 23.7 Å². The number of aromatic nitrogens is 3. The first-order valence-electron chi connectivity index (χ1n) is 7.62. The predicted molar refractivity (Wildman–Crippen MR) is 96.1 cm³/mol. The molecule has 1 aromatic heterocycles. The fourth-order valence-corrected chi connectivity index (χ4v) is 3.18. The van der Waals surface area contributed by atoms with Gasteiger partial charge in [0.15, 0.2) is 10.8 Å². The highest BCUT2D eigenvalue weighted by Gasteiger charge is 2.52. The van der Waals surface area contributed by atoms with Gasteiger partial charge >= 0.3 is 0 Å². The van der Waals surface area contributed by atoms with Crippen LogP contribution in [-0.2, 0) is 12.1 Å². The SMILES string of the molecule is CC(C1(Cl)N=CNC=C1F)C(O)(Cn1cncn1)c1ccc(F)cc1F.Cl. The number of benzene rings is 1. The molecule has 0 bridgehead atoms. The summed E-state index contributed by atoms with van der Waals surface area (Å²) in [6.07, 6.45) is 4.69. The number of aliphatic hydroxyl groups is 1. The van der Waals surface area contributed by atoms with Gasteiger partial charge in [0.25, 0.3) is 0 Å². The molecule has 3 rings (SSSR count). The third-order valence-electron chi connectivity index (χ3n) is 4.43. The van der Waals surface area contributed by atoms with E-state index in [1.54, 1.807) is 0 Å². The Labute approximate surface area is 164 Å². The maximum Gasteiger partial charge on any atom is 0.193 e. The van der Waals surface area contributed by atoms with Crippen LogP contribution in [0.5, 0.6) is 0 Å². The van der Waals surface area contributed by atoms with E-state index in [0.717, 1.165) is 18.3 Å². The van der Waals surface area contributed by atoms with Crippen molar-refractivity contribution in [3.8, 4) is 0 Å². The Balaban J connectivity index is 0.00000261. The lowest BCUT2D eigenvalue weighted by atomic mass is 9.77. The Morgan fingerprint density at radius 3 is 2.70 bits per heavy atom. The standard InChI is InChI=1S/C16H15ClF3N5O.ClH/c1-10(16(17)14(20)5-21-7-23-16)15(26,6-25-9-22-8-24-25)12-3-2-11(18)4-13(12)19;/h2-5,7-10,26H,6H2,1H3,(H,21,23);1H. The molecule has 0 spiro atoms. The second-order valence-corrected chi connectivity index (χ2v) is 6.53. The molecule has 2 heterocycles. The van der Waals surface area contributed by atoms with Crippen molar-refractivity contribution in [2.24, 2.45) is 10.9 Å². The van der Waals surface area contributed by atoms with Crippen LogP contribution < -0.4 is 5.32 Å². The van der Waals surface area contributed by atoms with E-state index < -0.39 is 34.0 Å². The average Bonchev–Trinajstić information content (AvgIpc) is 3.09. The van der Waals surface area contributed by atoms with Crippen molar-refractivity contribution in [3.63, 3.8) is 0 Å². The minimum Gasteiger partial charge on any atom is -0.383 e. The minimum atomic E-state index is -2.08. The van der Waals surface area contributed by atoms with Gasteiger partial charge in [-0.1, -0.05) is 24.6 Å². The molecule has 3 unspecified atom stereocenters. The van der Waals surface area contributed by atoms with E-state index in [1.165, 1.54) is 30.6 Å². The van der Waals surface area contributed by atoms with Gasteiger partial charge in [0.2, 0.25) is 0 Å². The summed E-state index contributed by atoms with van der Waals surface area (Å²) >= 11 is 6.35. The molecule has 0 radical (unpaired) electrons. The number of alkyl halides is 1. The molecule has 6 nitrogen and oxygen atoms in total. The molecule has 27 heavy (non-hydrogen) atoms. The summed E-state index contributed by atoms with van der Waals surface area (Å²) < 4.78 is 43.5. The lowest BCUT2D eigenvalue weighted by Gasteiger charge is -2.41. The zero-order chi connectivity index (χ0) is 18.9. The zero-order valence-electron chi connectivity index (χ0n) is 14.0.